The smallest absolute Gasteiger partial charge is 0.421 e. The first kappa shape index (κ1) is 18.5. The minimum Gasteiger partial charge on any atom is -0.475 e. The highest BCUT2D eigenvalue weighted by Gasteiger charge is 2.37. The molecule has 1 aliphatic carbocycles. The highest BCUT2D eigenvalue weighted by molar-refractivity contribution is 5.80. The third kappa shape index (κ3) is 4.59. The number of carbonyl (C=O) groups excluding carboxylic acids is 1. The Kier molecular flexibility index (Phi) is 5.37. The molecule has 1 aromatic rings. The van der Waals surface area contributed by atoms with Crippen LogP contribution in [0.4, 0.5) is 13.2 Å². The van der Waals surface area contributed by atoms with E-state index in [1.807, 2.05) is 0 Å². The van der Waals surface area contributed by atoms with Crippen molar-refractivity contribution in [2.24, 2.45) is 5.92 Å². The van der Waals surface area contributed by atoms with Crippen LogP contribution in [-0.4, -0.2) is 34.2 Å². The molecule has 134 valence electrons. The zero-order chi connectivity index (χ0) is 18.0. The molecule has 2 unspecified atom stereocenters. The number of nitrogens with one attached hydrogen (secondary N) is 1. The predicted octanol–water partition coefficient (Wildman–Crippen LogP) is 2.54. The van der Waals surface area contributed by atoms with Gasteiger partial charge in [-0.25, -0.2) is 4.98 Å². The lowest BCUT2D eigenvalue weighted by Crippen LogP contribution is -2.51. The van der Waals surface area contributed by atoms with Crippen molar-refractivity contribution in [2.75, 3.05) is 6.61 Å². The molecule has 1 amide bonds. The topological polar surface area (TPSA) is 71.5 Å². The van der Waals surface area contributed by atoms with Gasteiger partial charge in [-0.05, 0) is 45.2 Å². The van der Waals surface area contributed by atoms with Crippen LogP contribution in [0.3, 0.4) is 0 Å². The molecule has 1 saturated carbocycles. The summed E-state index contributed by atoms with van der Waals surface area (Å²) in [5.74, 6) is -1.32. The van der Waals surface area contributed by atoms with Crippen molar-refractivity contribution < 1.29 is 27.8 Å². The van der Waals surface area contributed by atoms with Crippen LogP contribution in [0.2, 0.25) is 0 Å². The summed E-state index contributed by atoms with van der Waals surface area (Å²) in [4.78, 5) is 15.8. The number of carbonyl (C=O) groups is 1. The van der Waals surface area contributed by atoms with Gasteiger partial charge in [0.25, 0.3) is 0 Å². The van der Waals surface area contributed by atoms with E-state index in [1.54, 1.807) is 13.8 Å². The van der Waals surface area contributed by atoms with E-state index in [0.717, 1.165) is 12.5 Å². The van der Waals surface area contributed by atoms with Crippen molar-refractivity contribution in [1.29, 1.82) is 0 Å². The Balaban J connectivity index is 1.99. The molecular formula is C16H21F3N2O3. The van der Waals surface area contributed by atoms with Gasteiger partial charge in [-0.1, -0.05) is 0 Å². The number of pyridine rings is 1. The van der Waals surface area contributed by atoms with Gasteiger partial charge in [-0.15, -0.1) is 0 Å². The lowest BCUT2D eigenvalue weighted by Gasteiger charge is -2.28. The number of ether oxygens (including phenoxy) is 1. The van der Waals surface area contributed by atoms with Gasteiger partial charge in [0, 0.05) is 6.20 Å². The summed E-state index contributed by atoms with van der Waals surface area (Å²) >= 11 is 0. The highest BCUT2D eigenvalue weighted by atomic mass is 19.4. The quantitative estimate of drug-likeness (QED) is 0.859. The molecule has 0 bridgehead atoms. The van der Waals surface area contributed by atoms with Crippen LogP contribution in [0, 0.1) is 5.92 Å². The molecule has 1 heterocycles. The number of aromatic nitrogens is 1. The summed E-state index contributed by atoms with van der Waals surface area (Å²) in [6.07, 6.45) is -2.07. The van der Waals surface area contributed by atoms with Gasteiger partial charge in [0.05, 0.1) is 17.6 Å². The fourth-order valence-electron chi connectivity index (χ4n) is 2.68. The van der Waals surface area contributed by atoms with Crippen molar-refractivity contribution in [3.63, 3.8) is 0 Å². The van der Waals surface area contributed by atoms with Crippen LogP contribution in [-0.2, 0) is 11.0 Å². The molecule has 5 nitrogen and oxygen atoms in total. The minimum atomic E-state index is -4.56. The summed E-state index contributed by atoms with van der Waals surface area (Å²) in [6.45, 7) is 3.10. The summed E-state index contributed by atoms with van der Waals surface area (Å²) < 4.78 is 43.9. The fourth-order valence-corrected chi connectivity index (χ4v) is 2.68. The van der Waals surface area contributed by atoms with E-state index in [2.05, 4.69) is 10.3 Å². The van der Waals surface area contributed by atoms with E-state index in [1.165, 1.54) is 12.3 Å². The van der Waals surface area contributed by atoms with Crippen molar-refractivity contribution in [1.82, 2.24) is 10.3 Å². The van der Waals surface area contributed by atoms with Crippen LogP contribution in [0.15, 0.2) is 18.3 Å². The Labute approximate surface area is 138 Å². The average molecular weight is 346 g/mol. The van der Waals surface area contributed by atoms with Crippen LogP contribution >= 0.6 is 0 Å². The molecule has 0 spiro atoms. The largest absolute Gasteiger partial charge is 0.475 e. The van der Waals surface area contributed by atoms with Crippen LogP contribution in [0.5, 0.6) is 5.88 Å². The number of nitrogens with zero attached hydrogens (tertiary/aromatic N) is 1. The molecule has 1 aromatic heterocycles. The Morgan fingerprint density at radius 1 is 1.42 bits per heavy atom. The molecular weight excluding hydrogens is 325 g/mol. The molecule has 0 aromatic carbocycles. The highest BCUT2D eigenvalue weighted by Crippen LogP contribution is 2.34. The van der Waals surface area contributed by atoms with Gasteiger partial charge >= 0.3 is 6.18 Å². The number of aliphatic hydroxyl groups is 1. The summed E-state index contributed by atoms with van der Waals surface area (Å²) in [5.41, 5.74) is -1.86. The van der Waals surface area contributed by atoms with Gasteiger partial charge in [0.2, 0.25) is 11.8 Å². The Morgan fingerprint density at radius 3 is 2.71 bits per heavy atom. The zero-order valence-electron chi connectivity index (χ0n) is 13.6. The molecule has 8 heteroatoms. The standard InChI is InChI=1S/C16H21F3N2O3/c1-15(2,21-13(23)10-5-3-7-12(10)22)9-24-14-11(16(17,18)19)6-4-8-20-14/h4,6,8,10,12,22H,3,5,7,9H2,1-2H3,(H,21,23). The number of aliphatic hydroxyl groups excluding tert-OH is 1. The van der Waals surface area contributed by atoms with E-state index in [4.69, 9.17) is 4.74 Å². The van der Waals surface area contributed by atoms with E-state index in [-0.39, 0.29) is 12.5 Å². The van der Waals surface area contributed by atoms with Gasteiger partial charge in [0.1, 0.15) is 12.2 Å². The van der Waals surface area contributed by atoms with Gasteiger partial charge < -0.3 is 15.2 Å². The van der Waals surface area contributed by atoms with Gasteiger partial charge in [0.15, 0.2) is 0 Å². The number of alkyl halides is 3. The summed E-state index contributed by atoms with van der Waals surface area (Å²) in [5, 5.41) is 12.5. The van der Waals surface area contributed by atoms with Crippen LogP contribution < -0.4 is 10.1 Å². The molecule has 0 saturated heterocycles. The van der Waals surface area contributed by atoms with E-state index in [9.17, 15) is 23.1 Å². The van der Waals surface area contributed by atoms with E-state index < -0.39 is 35.2 Å². The van der Waals surface area contributed by atoms with E-state index in [0.29, 0.717) is 12.8 Å². The van der Waals surface area contributed by atoms with Crippen molar-refractivity contribution in [3.8, 4) is 5.88 Å². The molecule has 1 aliphatic rings. The molecule has 0 radical (unpaired) electrons. The maximum absolute atomic E-state index is 12.9. The SMILES string of the molecule is CC(C)(COc1ncccc1C(F)(F)F)NC(=O)C1CCCC1O. The van der Waals surface area contributed by atoms with Crippen molar-refractivity contribution in [2.45, 2.75) is 50.9 Å². The Hall–Kier alpha value is -1.83. The molecule has 2 atom stereocenters. The average Bonchev–Trinajstić information content (AvgIpc) is 2.90. The second-order valence-corrected chi connectivity index (χ2v) is 6.62. The normalized spacial score (nSPS) is 21.6. The zero-order valence-corrected chi connectivity index (χ0v) is 13.6. The Morgan fingerprint density at radius 2 is 2.12 bits per heavy atom. The van der Waals surface area contributed by atoms with Gasteiger partial charge in [-0.2, -0.15) is 13.2 Å². The number of hydrogen-bond donors (Lipinski definition) is 2. The number of halogens is 3. The predicted molar refractivity (Wildman–Crippen MR) is 80.3 cm³/mol. The minimum absolute atomic E-state index is 0.179. The fraction of sp³-hybridized carbons (Fsp3) is 0.625. The molecule has 2 rings (SSSR count). The van der Waals surface area contributed by atoms with E-state index >= 15 is 0 Å². The lowest BCUT2D eigenvalue weighted by molar-refractivity contribution is -0.139. The molecule has 2 N–H and O–H groups in total. The maximum Gasteiger partial charge on any atom is 0.421 e. The molecule has 0 aliphatic heterocycles. The number of hydrogen-bond acceptors (Lipinski definition) is 4. The first-order valence-electron chi connectivity index (χ1n) is 7.75. The van der Waals surface area contributed by atoms with Crippen molar-refractivity contribution in [3.05, 3.63) is 23.9 Å². The number of amides is 1. The third-order valence-electron chi connectivity index (χ3n) is 3.92. The summed E-state index contributed by atoms with van der Waals surface area (Å²) in [6, 6.07) is 2.08. The first-order chi connectivity index (χ1) is 11.1. The monoisotopic (exact) mass is 346 g/mol. The molecule has 1 fully saturated rings. The first-order valence-corrected chi connectivity index (χ1v) is 7.75. The number of rotatable bonds is 5. The summed E-state index contributed by atoms with van der Waals surface area (Å²) in [7, 11) is 0. The second kappa shape index (κ2) is 6.96. The third-order valence-corrected chi connectivity index (χ3v) is 3.92. The van der Waals surface area contributed by atoms with Crippen LogP contribution in [0.25, 0.3) is 0 Å². The van der Waals surface area contributed by atoms with Crippen LogP contribution in [0.1, 0.15) is 38.7 Å². The maximum atomic E-state index is 12.9. The molecule has 24 heavy (non-hydrogen) atoms. The Bertz CT molecular complexity index is 590. The second-order valence-electron chi connectivity index (χ2n) is 6.62. The van der Waals surface area contributed by atoms with Crippen molar-refractivity contribution >= 4 is 5.91 Å². The van der Waals surface area contributed by atoms with Gasteiger partial charge in [-0.3, -0.25) is 4.79 Å². The lowest BCUT2D eigenvalue weighted by atomic mass is 10.0.